The first-order valence-electron chi connectivity index (χ1n) is 36.0. The van der Waals surface area contributed by atoms with Crippen molar-refractivity contribution in [2.45, 2.75) is 84.9 Å². The van der Waals surface area contributed by atoms with E-state index in [9.17, 15) is 29.4 Å². The second-order valence-corrected chi connectivity index (χ2v) is 28.1. The number of H-pyrrole nitrogens is 1. The van der Waals surface area contributed by atoms with Crippen molar-refractivity contribution in [1.82, 2.24) is 49.3 Å². The molecule has 0 unspecified atom stereocenters. The molecular formula is C89H84Cl4N10O11. The number of benzene rings is 9. The number of aromatic amines is 1. The molecule has 584 valence electrons. The number of aromatic nitrogens is 10. The van der Waals surface area contributed by atoms with Gasteiger partial charge in [-0.1, -0.05) is 271 Å². The Kier molecular flexibility index (Phi) is 30.3. The Balaban J connectivity index is 0.000000153. The van der Waals surface area contributed by atoms with Gasteiger partial charge in [-0.2, -0.15) is 25.5 Å². The number of nitrogens with zero attached hydrogens (tertiary/aromatic N) is 9. The summed E-state index contributed by atoms with van der Waals surface area (Å²) < 4.78 is 32.9. The number of rotatable bonds is 24. The van der Waals surface area contributed by atoms with Crippen LogP contribution in [0.2, 0.25) is 20.1 Å². The molecule has 0 spiro atoms. The highest BCUT2D eigenvalue weighted by molar-refractivity contribution is 6.32. The Morgan fingerprint density at radius 3 is 1.02 bits per heavy atom. The minimum Gasteiger partial charge on any atom is -0.479 e. The summed E-state index contributed by atoms with van der Waals surface area (Å²) in [7, 11) is 4.03. The van der Waals surface area contributed by atoms with Crippen LogP contribution in [0.5, 0.6) is 0 Å². The van der Waals surface area contributed by atoms with E-state index in [1.807, 2.05) is 281 Å². The maximum Gasteiger partial charge on any atom is 0.358 e. The molecular weight excluding hydrogens is 1530 g/mol. The first-order valence-corrected chi connectivity index (χ1v) is 37.5. The predicted molar refractivity (Wildman–Crippen MR) is 443 cm³/mol. The Morgan fingerprint density at radius 1 is 0.377 bits per heavy atom. The van der Waals surface area contributed by atoms with Crippen molar-refractivity contribution in [3.8, 4) is 56.3 Å². The minimum absolute atomic E-state index is 0.0741. The Labute approximate surface area is 680 Å². The summed E-state index contributed by atoms with van der Waals surface area (Å²) in [6, 6.07) is 89.2. The number of hydrogen-bond donors (Lipinski definition) is 3. The number of methoxy groups -OCH3 is 3. The first kappa shape index (κ1) is 84.4. The molecule has 0 saturated heterocycles. The van der Waals surface area contributed by atoms with Gasteiger partial charge in [-0.05, 0) is 127 Å². The van der Waals surface area contributed by atoms with Gasteiger partial charge in [0.2, 0.25) is 0 Å². The van der Waals surface area contributed by atoms with E-state index in [1.54, 1.807) is 30.7 Å². The summed E-state index contributed by atoms with van der Waals surface area (Å²) in [5, 5.41) is 46.1. The summed E-state index contributed by atoms with van der Waals surface area (Å²) in [5.74, 6) is -2.31. The van der Waals surface area contributed by atoms with Crippen LogP contribution >= 0.6 is 46.4 Å². The normalized spacial score (nSPS) is 10.9. The summed E-state index contributed by atoms with van der Waals surface area (Å²) >= 11 is 25.1. The number of aliphatic hydroxyl groups excluding tert-OH is 1. The molecule has 0 fully saturated rings. The maximum atomic E-state index is 11.8. The van der Waals surface area contributed by atoms with Crippen LogP contribution in [0.4, 0.5) is 0 Å². The molecule has 0 amide bonds. The van der Waals surface area contributed by atoms with Crippen LogP contribution in [0.15, 0.2) is 279 Å². The zero-order valence-corrected chi connectivity index (χ0v) is 66.6. The smallest absolute Gasteiger partial charge is 0.358 e. The van der Waals surface area contributed by atoms with Gasteiger partial charge in [-0.3, -0.25) is 23.8 Å². The fourth-order valence-electron chi connectivity index (χ4n) is 11.4. The third kappa shape index (κ3) is 23.3. The van der Waals surface area contributed by atoms with Gasteiger partial charge in [0.05, 0.1) is 113 Å². The van der Waals surface area contributed by atoms with E-state index in [4.69, 9.17) is 70.4 Å². The predicted octanol–water partition coefficient (Wildman–Crippen LogP) is 19.0. The number of halogens is 4. The lowest BCUT2D eigenvalue weighted by Crippen LogP contribution is -2.35. The Hall–Kier alpha value is -12.1. The number of hydrogen-bond acceptors (Lipinski definition) is 15. The van der Waals surface area contributed by atoms with Crippen LogP contribution in [0.25, 0.3) is 56.3 Å². The lowest BCUT2D eigenvalue weighted by atomic mass is 10.1. The summed E-state index contributed by atoms with van der Waals surface area (Å²) in [5.41, 5.74) is 13.7. The molecule has 0 aliphatic carbocycles. The average Bonchev–Trinajstić information content (AvgIpc) is 1.68. The SMILES string of the molecule is CC(C)(OCc1cc(-c2ccccc2)n(Cc2ccccc2Cl)n1)C(=O)O.COC(=O)C(C)(C)OCc1cc(-c2ccccc2)n(Cc2ccccc2Cl)n1.COC(=O)c1cc(-c2ccccc2)n(Cc2ccccc2Cl)n1.COC(=O)c1cc(-c2ccccc2)n[nH]1.OCc1cc(-c2ccccc2)n(Cc2ccccc2Cl)n1. The molecule has 0 saturated carbocycles. The standard InChI is InChI=1S/C22H23ClN2O3.C21H21ClN2O3.C18H15ClN2O2.C17H15ClN2O.C11H10N2O2/c1-22(2,21(26)27-3)28-15-18-13-20(16-9-5-4-6-10-16)25(24-18)14-17-11-7-8-12-19(17)23;1-21(2,20(25)26)27-14-17-12-19(15-8-4-3-5-9-15)24(23-17)13-16-10-6-7-11-18(16)22;1-23-18(22)16-11-17(13-7-3-2-4-8-13)21(20-16)12-14-9-5-6-10-15(14)19;18-16-9-5-4-8-14(16)11-20-17(10-15(12-21)19-20)13-6-2-1-3-7-13;1-15-11(14)10-7-9(12-13-10)8-5-3-2-4-6-8/h4-13H,14-15H2,1-3H3;3-12H,13-14H2,1-2H3,(H,25,26);2-11H,12H2,1H3;1-10,21H,11-12H2;2-7H,1H3,(H,12,13). The molecule has 114 heavy (non-hydrogen) atoms. The van der Waals surface area contributed by atoms with Gasteiger partial charge in [-0.15, -0.1) is 0 Å². The molecule has 5 aromatic heterocycles. The van der Waals surface area contributed by atoms with Crippen molar-refractivity contribution < 1.29 is 53.1 Å². The van der Waals surface area contributed by atoms with Gasteiger partial charge >= 0.3 is 23.9 Å². The number of esters is 3. The monoisotopic (exact) mass is 1610 g/mol. The van der Waals surface area contributed by atoms with Crippen LogP contribution in [0, 0.1) is 0 Å². The third-order valence-corrected chi connectivity index (χ3v) is 19.1. The quantitative estimate of drug-likeness (QED) is 0.0375. The molecule has 0 radical (unpaired) electrons. The molecule has 0 aliphatic rings. The largest absolute Gasteiger partial charge is 0.479 e. The molecule has 3 N–H and O–H groups in total. The lowest BCUT2D eigenvalue weighted by molar-refractivity contribution is -0.166. The number of ether oxygens (including phenoxy) is 5. The van der Waals surface area contributed by atoms with Gasteiger partial charge in [0.15, 0.2) is 16.9 Å². The van der Waals surface area contributed by atoms with Crippen molar-refractivity contribution in [3.63, 3.8) is 0 Å². The fraction of sp³-hybridized carbons (Fsp3) is 0.180. The van der Waals surface area contributed by atoms with Crippen LogP contribution < -0.4 is 0 Å². The van der Waals surface area contributed by atoms with Crippen molar-refractivity contribution in [2.75, 3.05) is 21.3 Å². The zero-order chi connectivity index (χ0) is 81.2. The second kappa shape index (κ2) is 40.9. The molecule has 14 rings (SSSR count). The van der Waals surface area contributed by atoms with E-state index < -0.39 is 35.1 Å². The van der Waals surface area contributed by atoms with Crippen LogP contribution in [-0.4, -0.2) is 116 Å². The van der Waals surface area contributed by atoms with Crippen LogP contribution in [0.1, 0.15) is 88.0 Å². The van der Waals surface area contributed by atoms with E-state index in [1.165, 1.54) is 35.2 Å². The molecule has 0 bridgehead atoms. The lowest BCUT2D eigenvalue weighted by Gasteiger charge is -2.21. The Morgan fingerprint density at radius 2 is 0.684 bits per heavy atom. The van der Waals surface area contributed by atoms with Crippen LogP contribution in [-0.2, 0) is 79.3 Å². The number of nitrogens with one attached hydrogen (secondary N) is 1. The van der Waals surface area contributed by atoms with Gasteiger partial charge < -0.3 is 33.9 Å². The number of carbonyl (C=O) groups excluding carboxylic acids is 3. The highest BCUT2D eigenvalue weighted by atomic mass is 35.5. The summed E-state index contributed by atoms with van der Waals surface area (Å²) in [4.78, 5) is 46.1. The van der Waals surface area contributed by atoms with Gasteiger partial charge in [-0.25, -0.2) is 19.2 Å². The van der Waals surface area contributed by atoms with Gasteiger partial charge in [0.25, 0.3) is 0 Å². The first-order chi connectivity index (χ1) is 55.0. The average molecular weight is 1610 g/mol. The van der Waals surface area contributed by atoms with Crippen molar-refractivity contribution >= 4 is 70.3 Å². The topological polar surface area (TPSA) is 255 Å². The van der Waals surface area contributed by atoms with Gasteiger partial charge in [0, 0.05) is 25.7 Å². The van der Waals surface area contributed by atoms with Gasteiger partial charge in [0.1, 0.15) is 5.69 Å². The maximum absolute atomic E-state index is 11.8. The number of aliphatic hydroxyl groups is 1. The molecule has 5 heterocycles. The fourth-order valence-corrected chi connectivity index (χ4v) is 12.2. The van der Waals surface area contributed by atoms with Crippen molar-refractivity contribution in [2.24, 2.45) is 0 Å². The summed E-state index contributed by atoms with van der Waals surface area (Å²) in [6.07, 6.45) is 0. The molecule has 0 aliphatic heterocycles. The molecule has 9 aromatic carbocycles. The van der Waals surface area contributed by atoms with E-state index >= 15 is 0 Å². The number of carboxylic acids is 1. The number of carboxylic acid groups (broad SMARTS) is 1. The van der Waals surface area contributed by atoms with E-state index in [-0.39, 0.29) is 25.5 Å². The van der Waals surface area contributed by atoms with E-state index in [0.29, 0.717) is 58.3 Å². The number of carbonyl (C=O) groups is 4. The highest BCUT2D eigenvalue weighted by Crippen LogP contribution is 2.31. The summed E-state index contributed by atoms with van der Waals surface area (Å²) in [6.45, 7) is 8.71. The molecule has 0 atom stereocenters. The molecule has 21 nitrogen and oxygen atoms in total. The number of aliphatic carboxylic acids is 1. The zero-order valence-electron chi connectivity index (χ0n) is 63.6. The van der Waals surface area contributed by atoms with Crippen molar-refractivity contribution in [3.05, 3.63) is 350 Å². The minimum atomic E-state index is -1.28. The van der Waals surface area contributed by atoms with E-state index in [2.05, 4.69) is 30.2 Å². The second-order valence-electron chi connectivity index (χ2n) is 26.5. The Bertz CT molecular complexity index is 5460. The highest BCUT2D eigenvalue weighted by Gasteiger charge is 2.31. The van der Waals surface area contributed by atoms with Crippen molar-refractivity contribution in [1.29, 1.82) is 0 Å². The van der Waals surface area contributed by atoms with Crippen LogP contribution in [0.3, 0.4) is 0 Å². The molecule has 25 heteroatoms. The molecule has 14 aromatic rings. The van der Waals surface area contributed by atoms with E-state index in [0.717, 1.165) is 89.3 Å². The third-order valence-electron chi connectivity index (χ3n) is 17.6.